The monoisotopic (exact) mass is 390 g/mol. The lowest BCUT2D eigenvalue weighted by molar-refractivity contribution is 0.0982. The van der Waals surface area contributed by atoms with Crippen molar-refractivity contribution in [2.75, 3.05) is 0 Å². The molecule has 0 N–H and O–H groups in total. The molecule has 0 aliphatic heterocycles. The van der Waals surface area contributed by atoms with E-state index in [0.717, 1.165) is 4.47 Å². The molecule has 3 rings (SSSR count). The number of benzene rings is 1. The fourth-order valence-electron chi connectivity index (χ4n) is 2.28. The second-order valence-corrected chi connectivity index (χ2v) is 6.44. The molecule has 0 saturated carbocycles. The summed E-state index contributed by atoms with van der Waals surface area (Å²) in [5.74, 6) is -0.000489. The fourth-order valence-corrected chi connectivity index (χ4v) is 2.74. The zero-order valence-corrected chi connectivity index (χ0v) is 14.3. The van der Waals surface area contributed by atoms with E-state index in [4.69, 9.17) is 11.6 Å². The van der Waals surface area contributed by atoms with Gasteiger partial charge in [0.05, 0.1) is 0 Å². The number of Topliss-reactive ketones (excluding diaryl/α,β-unsaturated/α-hetero) is 1. The van der Waals surface area contributed by atoms with Crippen molar-refractivity contribution in [2.24, 2.45) is 0 Å². The molecule has 0 aliphatic carbocycles. The number of carbonyl (C=O) groups excluding carboxylic acids is 1. The van der Waals surface area contributed by atoms with Crippen molar-refractivity contribution in [3.05, 3.63) is 79.8 Å². The summed E-state index contributed by atoms with van der Waals surface area (Å²) in [4.78, 5) is 28.7. The average molecular weight is 392 g/mol. The van der Waals surface area contributed by atoms with Gasteiger partial charge < -0.3 is 0 Å². The second kappa shape index (κ2) is 6.64. The van der Waals surface area contributed by atoms with Crippen molar-refractivity contribution in [1.82, 2.24) is 9.38 Å². The maximum Gasteiger partial charge on any atom is 0.258 e. The van der Waals surface area contributed by atoms with Crippen LogP contribution in [-0.2, 0) is 6.42 Å². The number of nitrogens with zero attached hydrogens (tertiary/aromatic N) is 2. The van der Waals surface area contributed by atoms with Crippen LogP contribution in [0.3, 0.4) is 0 Å². The van der Waals surface area contributed by atoms with Crippen molar-refractivity contribution in [2.45, 2.75) is 12.8 Å². The van der Waals surface area contributed by atoms with Gasteiger partial charge in [0.2, 0.25) is 0 Å². The molecule has 0 saturated heterocycles. The largest absolute Gasteiger partial charge is 0.294 e. The van der Waals surface area contributed by atoms with Crippen molar-refractivity contribution in [3.63, 3.8) is 0 Å². The van der Waals surface area contributed by atoms with E-state index in [1.165, 1.54) is 10.5 Å². The average Bonchev–Trinajstić information content (AvgIpc) is 2.54. The lowest BCUT2D eigenvalue weighted by Gasteiger charge is -2.05. The van der Waals surface area contributed by atoms with E-state index in [0.29, 0.717) is 34.8 Å². The van der Waals surface area contributed by atoms with Crippen LogP contribution in [0.1, 0.15) is 22.5 Å². The molecule has 4 nitrogen and oxygen atoms in total. The number of aryl methyl sites for hydroxylation is 1. The number of rotatable bonds is 4. The van der Waals surface area contributed by atoms with Crippen LogP contribution in [0.4, 0.5) is 0 Å². The number of fused-ring (bicyclic) bond motifs is 1. The highest BCUT2D eigenvalue weighted by molar-refractivity contribution is 9.10. The minimum Gasteiger partial charge on any atom is -0.294 e. The molecule has 0 bridgehead atoms. The maximum atomic E-state index is 12.2. The van der Waals surface area contributed by atoms with Gasteiger partial charge in [-0.3, -0.25) is 14.0 Å². The first-order valence-corrected chi connectivity index (χ1v) is 8.16. The van der Waals surface area contributed by atoms with Crippen LogP contribution in [0.25, 0.3) is 5.65 Å². The number of hydrogen-bond donors (Lipinski definition) is 0. The molecule has 0 amide bonds. The molecular weight excluding hydrogens is 380 g/mol. The Hall–Kier alpha value is -1.98. The third-order valence-electron chi connectivity index (χ3n) is 3.45. The van der Waals surface area contributed by atoms with Crippen LogP contribution >= 0.6 is 27.5 Å². The van der Waals surface area contributed by atoms with Crippen LogP contribution in [0.5, 0.6) is 0 Å². The second-order valence-electron chi connectivity index (χ2n) is 5.09. The van der Waals surface area contributed by atoms with Crippen LogP contribution < -0.4 is 5.56 Å². The van der Waals surface area contributed by atoms with Gasteiger partial charge in [0.1, 0.15) is 5.65 Å². The molecule has 0 aliphatic rings. The summed E-state index contributed by atoms with van der Waals surface area (Å²) in [5.41, 5.74) is 1.62. The summed E-state index contributed by atoms with van der Waals surface area (Å²) < 4.78 is 2.27. The molecular formula is C17H12BrClN2O2. The topological polar surface area (TPSA) is 51.4 Å². The van der Waals surface area contributed by atoms with E-state index >= 15 is 0 Å². The number of carbonyl (C=O) groups is 1. The molecule has 3 aromatic rings. The molecule has 0 fully saturated rings. The third kappa shape index (κ3) is 3.68. The fraction of sp³-hybridized carbons (Fsp3) is 0.118. The van der Waals surface area contributed by atoms with Crippen molar-refractivity contribution in [3.8, 4) is 0 Å². The normalized spacial score (nSPS) is 10.9. The smallest absolute Gasteiger partial charge is 0.258 e. The predicted molar refractivity (Wildman–Crippen MR) is 93.3 cm³/mol. The summed E-state index contributed by atoms with van der Waals surface area (Å²) in [6.45, 7) is 0. The van der Waals surface area contributed by atoms with Crippen LogP contribution in [-0.4, -0.2) is 15.2 Å². The van der Waals surface area contributed by atoms with Crippen molar-refractivity contribution >= 4 is 39.0 Å². The molecule has 2 heterocycles. The van der Waals surface area contributed by atoms with Gasteiger partial charge >= 0.3 is 0 Å². The zero-order chi connectivity index (χ0) is 16.4. The van der Waals surface area contributed by atoms with Gasteiger partial charge in [0.25, 0.3) is 5.56 Å². The number of aromatic nitrogens is 2. The van der Waals surface area contributed by atoms with Gasteiger partial charge in [-0.25, -0.2) is 4.98 Å². The van der Waals surface area contributed by atoms with Gasteiger partial charge in [-0.2, -0.15) is 0 Å². The standard InChI is InChI=1S/C17H12BrClN2O2/c18-12-3-8-16-20-14(9-17(23)21(16)10-12)6-7-15(22)11-1-4-13(19)5-2-11/h1-5,8-10H,6-7H2. The van der Waals surface area contributed by atoms with Crippen LogP contribution in [0, 0.1) is 0 Å². The SMILES string of the molecule is O=C(CCc1cc(=O)n2cc(Br)ccc2n1)c1ccc(Cl)cc1. The molecule has 0 spiro atoms. The summed E-state index contributed by atoms with van der Waals surface area (Å²) in [6, 6.07) is 11.8. The highest BCUT2D eigenvalue weighted by Gasteiger charge is 2.08. The predicted octanol–water partition coefficient (Wildman–Crippen LogP) is 3.93. The lowest BCUT2D eigenvalue weighted by Crippen LogP contribution is -2.16. The van der Waals surface area contributed by atoms with Gasteiger partial charge in [-0.05, 0) is 58.7 Å². The van der Waals surface area contributed by atoms with Crippen molar-refractivity contribution in [1.29, 1.82) is 0 Å². The highest BCUT2D eigenvalue weighted by Crippen LogP contribution is 2.13. The first-order valence-electron chi connectivity index (χ1n) is 6.99. The Bertz CT molecular complexity index is 935. The maximum absolute atomic E-state index is 12.2. The summed E-state index contributed by atoms with van der Waals surface area (Å²) in [6.07, 6.45) is 2.39. The molecule has 0 unspecified atom stereocenters. The minimum atomic E-state index is -0.162. The lowest BCUT2D eigenvalue weighted by atomic mass is 10.1. The Balaban J connectivity index is 1.79. The van der Waals surface area contributed by atoms with Crippen LogP contribution in [0.2, 0.25) is 5.02 Å². The minimum absolute atomic E-state index is 0.000489. The summed E-state index contributed by atoms with van der Waals surface area (Å²) in [7, 11) is 0. The van der Waals surface area contributed by atoms with E-state index < -0.39 is 0 Å². The van der Waals surface area contributed by atoms with Crippen molar-refractivity contribution < 1.29 is 4.79 Å². The van der Waals surface area contributed by atoms with Gasteiger partial charge in [0, 0.05) is 39.4 Å². The number of ketones is 1. The summed E-state index contributed by atoms with van der Waals surface area (Å²) in [5, 5.41) is 0.594. The van der Waals surface area contributed by atoms with Gasteiger partial charge in [0.15, 0.2) is 5.78 Å². The van der Waals surface area contributed by atoms with E-state index in [1.54, 1.807) is 36.5 Å². The highest BCUT2D eigenvalue weighted by atomic mass is 79.9. The Labute approximate surface area is 145 Å². The molecule has 0 radical (unpaired) electrons. The quantitative estimate of drug-likeness (QED) is 0.633. The molecule has 0 atom stereocenters. The van der Waals surface area contributed by atoms with E-state index in [2.05, 4.69) is 20.9 Å². The number of halogens is 2. The molecule has 6 heteroatoms. The zero-order valence-electron chi connectivity index (χ0n) is 12.0. The van der Waals surface area contributed by atoms with E-state index in [9.17, 15) is 9.59 Å². The molecule has 2 aromatic heterocycles. The van der Waals surface area contributed by atoms with Gasteiger partial charge in [-0.1, -0.05) is 11.6 Å². The first-order chi connectivity index (χ1) is 11.0. The first kappa shape index (κ1) is 15.9. The van der Waals surface area contributed by atoms with Crippen LogP contribution in [0.15, 0.2) is 57.9 Å². The van der Waals surface area contributed by atoms with Gasteiger partial charge in [-0.15, -0.1) is 0 Å². The Morgan fingerprint density at radius 2 is 1.91 bits per heavy atom. The Kier molecular flexibility index (Phi) is 4.59. The molecule has 116 valence electrons. The third-order valence-corrected chi connectivity index (χ3v) is 4.17. The number of pyridine rings is 1. The number of hydrogen-bond acceptors (Lipinski definition) is 3. The summed E-state index contributed by atoms with van der Waals surface area (Å²) >= 11 is 9.14. The molecule has 23 heavy (non-hydrogen) atoms. The van der Waals surface area contributed by atoms with E-state index in [-0.39, 0.29) is 11.3 Å². The Morgan fingerprint density at radius 3 is 2.65 bits per heavy atom. The Morgan fingerprint density at radius 1 is 1.17 bits per heavy atom. The van der Waals surface area contributed by atoms with E-state index in [1.807, 2.05) is 6.07 Å². The molecule has 1 aromatic carbocycles.